The molecule has 0 unspecified atom stereocenters. The van der Waals surface area contributed by atoms with E-state index in [0.717, 1.165) is 5.56 Å². The third kappa shape index (κ3) is 9.28. The van der Waals surface area contributed by atoms with Crippen LogP contribution in [0.5, 0.6) is 0 Å². The van der Waals surface area contributed by atoms with E-state index in [0.29, 0.717) is 12.1 Å². The molecule has 1 aromatic carbocycles. The fourth-order valence-electron chi connectivity index (χ4n) is 3.83. The molecule has 0 spiro atoms. The number of hydrogen-bond donors (Lipinski definition) is 1. The Balaban J connectivity index is 3.08. The molecule has 0 atom stereocenters. The molecule has 5 heteroatoms. The largest absolute Gasteiger partial charge is 0.415 e. The minimum atomic E-state index is -2.01. The Morgan fingerprint density at radius 3 is 1.69 bits per heavy atom. The van der Waals surface area contributed by atoms with Gasteiger partial charge in [0.05, 0.1) is 5.60 Å². The first-order valence-corrected chi connectivity index (χ1v) is 15.9. The zero-order chi connectivity index (χ0) is 20.0. The van der Waals surface area contributed by atoms with Crippen LogP contribution in [0.3, 0.4) is 0 Å². The van der Waals surface area contributed by atoms with E-state index in [2.05, 4.69) is 66.0 Å². The van der Waals surface area contributed by atoms with Gasteiger partial charge in [-0.3, -0.25) is 0 Å². The number of benzene rings is 1. The van der Waals surface area contributed by atoms with Crippen LogP contribution in [0, 0.1) is 0 Å². The second-order valence-electron chi connectivity index (χ2n) is 9.05. The summed E-state index contributed by atoms with van der Waals surface area (Å²) < 4.78 is 12.4. The van der Waals surface area contributed by atoms with E-state index in [1.54, 1.807) is 0 Å². The van der Waals surface area contributed by atoms with Crippen LogP contribution in [-0.2, 0) is 8.85 Å². The average Bonchev–Trinajstić information content (AvgIpc) is 2.41. The highest BCUT2D eigenvalue weighted by Gasteiger charge is 2.41. The molecule has 1 N–H and O–H groups in total. The standard InChI is InChI=1S/C21H38O3Si2/c1-18(2)23-25(5,6)16-21(22,17-26(7,8)24-19(3)4)15-14-20-12-10-9-11-13-20/h9-15,18-19,22H,16-17H2,1-8H3/b15-14+. The molecular weight excluding hydrogens is 356 g/mol. The highest BCUT2D eigenvalue weighted by Crippen LogP contribution is 2.33. The Morgan fingerprint density at radius 2 is 1.31 bits per heavy atom. The molecule has 0 aliphatic carbocycles. The van der Waals surface area contributed by atoms with Crippen LogP contribution in [0.15, 0.2) is 36.4 Å². The van der Waals surface area contributed by atoms with Crippen molar-refractivity contribution in [3.63, 3.8) is 0 Å². The maximum absolute atomic E-state index is 11.6. The molecule has 0 aliphatic heterocycles. The molecule has 26 heavy (non-hydrogen) atoms. The highest BCUT2D eigenvalue weighted by molar-refractivity contribution is 6.73. The zero-order valence-corrected chi connectivity index (χ0v) is 19.9. The van der Waals surface area contributed by atoms with Gasteiger partial charge in [-0.15, -0.1) is 0 Å². The number of rotatable bonds is 10. The lowest BCUT2D eigenvalue weighted by Crippen LogP contribution is -2.48. The van der Waals surface area contributed by atoms with Crippen molar-refractivity contribution in [2.75, 3.05) is 0 Å². The van der Waals surface area contributed by atoms with Gasteiger partial charge in [-0.05, 0) is 71.5 Å². The van der Waals surface area contributed by atoms with Crippen molar-refractivity contribution in [2.45, 2.75) is 83.8 Å². The molecule has 0 saturated heterocycles. The van der Waals surface area contributed by atoms with E-state index >= 15 is 0 Å². The molecule has 0 aromatic heterocycles. The van der Waals surface area contributed by atoms with Gasteiger partial charge >= 0.3 is 0 Å². The minimum absolute atomic E-state index is 0.177. The Morgan fingerprint density at radius 1 is 0.885 bits per heavy atom. The predicted molar refractivity (Wildman–Crippen MR) is 117 cm³/mol. The predicted octanol–water partition coefficient (Wildman–Crippen LogP) is 5.69. The Labute approximate surface area is 162 Å². The smallest absolute Gasteiger partial charge is 0.190 e. The maximum atomic E-state index is 11.6. The maximum Gasteiger partial charge on any atom is 0.190 e. The summed E-state index contributed by atoms with van der Waals surface area (Å²) in [5.74, 6) is 0. The Hall–Kier alpha value is -0.726. The first-order valence-electron chi connectivity index (χ1n) is 9.65. The molecular formula is C21H38O3Si2. The monoisotopic (exact) mass is 394 g/mol. The minimum Gasteiger partial charge on any atom is -0.415 e. The Bertz CT molecular complexity index is 542. The molecule has 3 nitrogen and oxygen atoms in total. The first kappa shape index (κ1) is 23.3. The van der Waals surface area contributed by atoms with Crippen LogP contribution in [-0.4, -0.2) is 39.6 Å². The normalized spacial score (nSPS) is 14.0. The third-order valence-corrected chi connectivity index (χ3v) is 9.11. The molecule has 0 fully saturated rings. The molecule has 0 heterocycles. The molecule has 0 radical (unpaired) electrons. The molecule has 0 aliphatic rings. The molecule has 0 saturated carbocycles. The van der Waals surface area contributed by atoms with E-state index in [9.17, 15) is 5.11 Å². The summed E-state index contributed by atoms with van der Waals surface area (Å²) in [5, 5.41) is 11.6. The van der Waals surface area contributed by atoms with Crippen molar-refractivity contribution in [3.8, 4) is 0 Å². The van der Waals surface area contributed by atoms with Gasteiger partial charge in [-0.2, -0.15) is 0 Å². The summed E-state index contributed by atoms with van der Waals surface area (Å²) in [5.41, 5.74) is 0.185. The topological polar surface area (TPSA) is 38.7 Å². The fraction of sp³-hybridized carbons (Fsp3) is 0.619. The van der Waals surface area contributed by atoms with Gasteiger partial charge in [0, 0.05) is 12.2 Å². The lowest BCUT2D eigenvalue weighted by atomic mass is 10.1. The third-order valence-electron chi connectivity index (χ3n) is 3.96. The van der Waals surface area contributed by atoms with Gasteiger partial charge in [0.2, 0.25) is 0 Å². The summed E-state index contributed by atoms with van der Waals surface area (Å²) in [4.78, 5) is 0. The number of aliphatic hydroxyl groups is 1. The van der Waals surface area contributed by atoms with Gasteiger partial charge in [-0.1, -0.05) is 42.5 Å². The second kappa shape index (κ2) is 9.46. The van der Waals surface area contributed by atoms with Crippen molar-refractivity contribution >= 4 is 22.7 Å². The summed E-state index contributed by atoms with van der Waals surface area (Å²) in [7, 11) is -4.03. The summed E-state index contributed by atoms with van der Waals surface area (Å²) in [6.07, 6.45) is 4.35. The van der Waals surface area contributed by atoms with Crippen molar-refractivity contribution < 1.29 is 14.0 Å². The lowest BCUT2D eigenvalue weighted by Gasteiger charge is -2.38. The van der Waals surface area contributed by atoms with Crippen LogP contribution in [0.2, 0.25) is 38.3 Å². The van der Waals surface area contributed by atoms with Gasteiger partial charge in [0.25, 0.3) is 0 Å². The van der Waals surface area contributed by atoms with E-state index in [1.165, 1.54) is 0 Å². The van der Waals surface area contributed by atoms with Crippen molar-refractivity contribution in [1.82, 2.24) is 0 Å². The van der Waals surface area contributed by atoms with Crippen molar-refractivity contribution in [2.24, 2.45) is 0 Å². The fourth-order valence-corrected chi connectivity index (χ4v) is 10.2. The average molecular weight is 395 g/mol. The first-order chi connectivity index (χ1) is 11.8. The van der Waals surface area contributed by atoms with Crippen LogP contribution in [0.25, 0.3) is 6.08 Å². The second-order valence-corrected chi connectivity index (χ2v) is 17.3. The van der Waals surface area contributed by atoms with Crippen LogP contribution >= 0.6 is 0 Å². The summed E-state index contributed by atoms with van der Waals surface area (Å²) in [6.45, 7) is 17.0. The van der Waals surface area contributed by atoms with Crippen LogP contribution in [0.4, 0.5) is 0 Å². The lowest BCUT2D eigenvalue weighted by molar-refractivity contribution is 0.111. The van der Waals surface area contributed by atoms with Crippen LogP contribution < -0.4 is 0 Å². The SMILES string of the molecule is CC(C)O[Si](C)(C)CC(O)(/C=C/c1ccccc1)C[Si](C)(C)OC(C)C. The Kier molecular flexibility index (Phi) is 8.49. The summed E-state index contributed by atoms with van der Waals surface area (Å²) in [6, 6.07) is 11.5. The van der Waals surface area contributed by atoms with Crippen LogP contribution in [0.1, 0.15) is 33.3 Å². The van der Waals surface area contributed by atoms with Gasteiger partial charge < -0.3 is 14.0 Å². The molecule has 1 aromatic rings. The molecule has 0 bridgehead atoms. The quantitative estimate of drug-likeness (QED) is 0.518. The van der Waals surface area contributed by atoms with Gasteiger partial charge in [0.1, 0.15) is 0 Å². The van der Waals surface area contributed by atoms with E-state index in [4.69, 9.17) is 8.85 Å². The highest BCUT2D eigenvalue weighted by atomic mass is 28.4. The van der Waals surface area contributed by atoms with Gasteiger partial charge in [0.15, 0.2) is 16.6 Å². The van der Waals surface area contributed by atoms with E-state index < -0.39 is 22.2 Å². The van der Waals surface area contributed by atoms with E-state index in [-0.39, 0.29) is 12.2 Å². The van der Waals surface area contributed by atoms with Crippen molar-refractivity contribution in [1.29, 1.82) is 0 Å². The molecule has 0 amide bonds. The van der Waals surface area contributed by atoms with Gasteiger partial charge in [-0.25, -0.2) is 0 Å². The van der Waals surface area contributed by atoms with E-state index in [1.807, 2.05) is 30.4 Å². The summed E-state index contributed by atoms with van der Waals surface area (Å²) >= 11 is 0. The van der Waals surface area contributed by atoms with Crippen molar-refractivity contribution in [3.05, 3.63) is 42.0 Å². The molecule has 148 valence electrons. The zero-order valence-electron chi connectivity index (χ0n) is 17.9. The molecule has 1 rings (SSSR count). The number of hydrogen-bond acceptors (Lipinski definition) is 3.